The second kappa shape index (κ2) is 8.08. The van der Waals surface area contributed by atoms with E-state index in [-0.39, 0.29) is 5.56 Å². The Morgan fingerprint density at radius 2 is 1.91 bits per heavy atom. The molecule has 1 aromatic heterocycles. The number of H-pyrrole nitrogens is 1. The van der Waals surface area contributed by atoms with E-state index in [1.165, 1.54) is 12.8 Å². The van der Waals surface area contributed by atoms with Crippen molar-refractivity contribution in [3.8, 4) is 0 Å². The van der Waals surface area contributed by atoms with Crippen molar-refractivity contribution < 1.29 is 0 Å². The molecule has 4 heteroatoms. The van der Waals surface area contributed by atoms with Crippen molar-refractivity contribution in [3.05, 3.63) is 39.9 Å². The first kappa shape index (κ1) is 16.7. The molecule has 2 aromatic rings. The molecule has 0 bridgehead atoms. The van der Waals surface area contributed by atoms with Crippen LogP contribution in [0.3, 0.4) is 0 Å². The van der Waals surface area contributed by atoms with Crippen LogP contribution in [-0.4, -0.2) is 34.5 Å². The summed E-state index contributed by atoms with van der Waals surface area (Å²) in [6, 6.07) is 5.74. The summed E-state index contributed by atoms with van der Waals surface area (Å²) in [5.41, 5.74) is 1.88. The van der Waals surface area contributed by atoms with E-state index in [0.717, 1.165) is 49.4 Å². The number of fused-ring (bicyclic) bond motifs is 1. The molecule has 0 fully saturated rings. The van der Waals surface area contributed by atoms with Gasteiger partial charge >= 0.3 is 0 Å². The van der Waals surface area contributed by atoms with Crippen LogP contribution in [0.4, 0.5) is 0 Å². The van der Waals surface area contributed by atoms with Crippen LogP contribution in [0.5, 0.6) is 0 Å². The standard InChI is InChI=1S/C18H27N3O/c1-4-21(5-2)13-8-6-7-12-16-19-17-14(3)10-9-11-15(17)18(22)20-16/h9-11H,4-8,12-13H2,1-3H3,(H,19,20,22). The van der Waals surface area contributed by atoms with E-state index in [1.807, 2.05) is 25.1 Å². The van der Waals surface area contributed by atoms with Crippen LogP contribution in [-0.2, 0) is 6.42 Å². The molecule has 0 spiro atoms. The highest BCUT2D eigenvalue weighted by molar-refractivity contribution is 5.80. The molecule has 0 saturated heterocycles. The molecule has 1 N–H and O–H groups in total. The number of nitrogens with one attached hydrogen (secondary N) is 1. The minimum Gasteiger partial charge on any atom is -0.310 e. The lowest BCUT2D eigenvalue weighted by atomic mass is 10.1. The summed E-state index contributed by atoms with van der Waals surface area (Å²) < 4.78 is 0. The second-order valence-corrected chi connectivity index (χ2v) is 5.82. The first-order valence-electron chi connectivity index (χ1n) is 8.36. The lowest BCUT2D eigenvalue weighted by molar-refractivity contribution is 0.296. The van der Waals surface area contributed by atoms with Crippen molar-refractivity contribution in [3.63, 3.8) is 0 Å². The number of para-hydroxylation sites is 1. The van der Waals surface area contributed by atoms with E-state index in [2.05, 4.69) is 28.7 Å². The van der Waals surface area contributed by atoms with Gasteiger partial charge in [-0.3, -0.25) is 4.79 Å². The summed E-state index contributed by atoms with van der Waals surface area (Å²) in [6.07, 6.45) is 4.30. The van der Waals surface area contributed by atoms with Crippen molar-refractivity contribution in [2.75, 3.05) is 19.6 Å². The zero-order chi connectivity index (χ0) is 15.9. The van der Waals surface area contributed by atoms with Crippen molar-refractivity contribution in [1.82, 2.24) is 14.9 Å². The highest BCUT2D eigenvalue weighted by Crippen LogP contribution is 2.13. The van der Waals surface area contributed by atoms with Gasteiger partial charge in [-0.15, -0.1) is 0 Å². The lowest BCUT2D eigenvalue weighted by Crippen LogP contribution is -2.23. The Kier molecular flexibility index (Phi) is 6.13. The van der Waals surface area contributed by atoms with E-state index in [9.17, 15) is 4.79 Å². The number of aromatic amines is 1. The average Bonchev–Trinajstić information content (AvgIpc) is 2.52. The monoisotopic (exact) mass is 301 g/mol. The molecular formula is C18H27N3O. The molecule has 0 unspecified atom stereocenters. The van der Waals surface area contributed by atoms with Gasteiger partial charge in [0.2, 0.25) is 0 Å². The third-order valence-corrected chi connectivity index (χ3v) is 4.27. The molecular weight excluding hydrogens is 274 g/mol. The van der Waals surface area contributed by atoms with Gasteiger partial charge in [-0.2, -0.15) is 0 Å². The molecule has 0 atom stereocenters. The maximum Gasteiger partial charge on any atom is 0.258 e. The Morgan fingerprint density at radius 1 is 1.14 bits per heavy atom. The smallest absolute Gasteiger partial charge is 0.258 e. The fraction of sp³-hybridized carbons (Fsp3) is 0.556. The molecule has 2 rings (SSSR count). The molecule has 0 aliphatic carbocycles. The van der Waals surface area contributed by atoms with Gasteiger partial charge in [0, 0.05) is 6.42 Å². The number of benzene rings is 1. The van der Waals surface area contributed by atoms with Gasteiger partial charge in [-0.05, 0) is 51.0 Å². The number of rotatable bonds is 8. The predicted molar refractivity (Wildman–Crippen MR) is 92.4 cm³/mol. The van der Waals surface area contributed by atoms with Crippen LogP contribution < -0.4 is 5.56 Å². The maximum atomic E-state index is 12.1. The topological polar surface area (TPSA) is 49.0 Å². The molecule has 4 nitrogen and oxygen atoms in total. The Balaban J connectivity index is 1.92. The Labute approximate surface area is 132 Å². The number of aromatic nitrogens is 2. The Hall–Kier alpha value is -1.68. The molecule has 0 saturated carbocycles. The van der Waals surface area contributed by atoms with Gasteiger partial charge < -0.3 is 9.88 Å². The number of hydrogen-bond acceptors (Lipinski definition) is 3. The zero-order valence-electron chi connectivity index (χ0n) is 14.0. The van der Waals surface area contributed by atoms with Gasteiger partial charge in [-0.25, -0.2) is 4.98 Å². The third-order valence-electron chi connectivity index (χ3n) is 4.27. The van der Waals surface area contributed by atoms with Crippen LogP contribution in [0.25, 0.3) is 10.9 Å². The fourth-order valence-corrected chi connectivity index (χ4v) is 2.81. The van der Waals surface area contributed by atoms with Gasteiger partial charge in [-0.1, -0.05) is 32.4 Å². The van der Waals surface area contributed by atoms with E-state index in [1.54, 1.807) is 0 Å². The van der Waals surface area contributed by atoms with Gasteiger partial charge in [0.1, 0.15) is 5.82 Å². The zero-order valence-corrected chi connectivity index (χ0v) is 14.0. The summed E-state index contributed by atoms with van der Waals surface area (Å²) in [6.45, 7) is 9.81. The Morgan fingerprint density at radius 3 is 2.64 bits per heavy atom. The molecule has 0 aliphatic heterocycles. The van der Waals surface area contributed by atoms with Crippen LogP contribution in [0.15, 0.2) is 23.0 Å². The number of aryl methyl sites for hydroxylation is 2. The minimum atomic E-state index is -0.0214. The highest BCUT2D eigenvalue weighted by atomic mass is 16.1. The highest BCUT2D eigenvalue weighted by Gasteiger charge is 2.06. The SMILES string of the molecule is CCN(CC)CCCCCc1nc2c(C)cccc2c(=O)[nH]1. The maximum absolute atomic E-state index is 12.1. The molecule has 22 heavy (non-hydrogen) atoms. The largest absolute Gasteiger partial charge is 0.310 e. The minimum absolute atomic E-state index is 0.0214. The third kappa shape index (κ3) is 4.17. The summed E-state index contributed by atoms with van der Waals surface area (Å²) in [5.74, 6) is 0.814. The summed E-state index contributed by atoms with van der Waals surface area (Å²) in [7, 11) is 0. The van der Waals surface area contributed by atoms with Crippen LogP contribution in [0.1, 0.15) is 44.5 Å². The number of hydrogen-bond donors (Lipinski definition) is 1. The van der Waals surface area contributed by atoms with Gasteiger partial charge in [0.15, 0.2) is 0 Å². The van der Waals surface area contributed by atoms with Crippen molar-refractivity contribution in [1.29, 1.82) is 0 Å². The summed E-state index contributed by atoms with van der Waals surface area (Å²) in [5, 5.41) is 0.685. The molecule has 0 amide bonds. The van der Waals surface area contributed by atoms with E-state index >= 15 is 0 Å². The van der Waals surface area contributed by atoms with Gasteiger partial charge in [0.05, 0.1) is 10.9 Å². The van der Waals surface area contributed by atoms with E-state index < -0.39 is 0 Å². The Bertz CT molecular complexity index is 659. The predicted octanol–water partition coefficient (Wildman–Crippen LogP) is 3.29. The van der Waals surface area contributed by atoms with Crippen LogP contribution >= 0.6 is 0 Å². The fourth-order valence-electron chi connectivity index (χ4n) is 2.81. The van der Waals surface area contributed by atoms with Crippen LogP contribution in [0, 0.1) is 6.92 Å². The van der Waals surface area contributed by atoms with Gasteiger partial charge in [0.25, 0.3) is 5.56 Å². The molecule has 0 aliphatic rings. The van der Waals surface area contributed by atoms with Crippen molar-refractivity contribution in [2.24, 2.45) is 0 Å². The lowest BCUT2D eigenvalue weighted by Gasteiger charge is -2.17. The normalized spacial score (nSPS) is 11.5. The average molecular weight is 301 g/mol. The molecule has 1 aromatic carbocycles. The van der Waals surface area contributed by atoms with Crippen LogP contribution in [0.2, 0.25) is 0 Å². The van der Waals surface area contributed by atoms with E-state index in [0.29, 0.717) is 5.39 Å². The molecule has 0 radical (unpaired) electrons. The van der Waals surface area contributed by atoms with E-state index in [4.69, 9.17) is 0 Å². The first-order chi connectivity index (χ1) is 10.7. The summed E-state index contributed by atoms with van der Waals surface area (Å²) in [4.78, 5) is 22.1. The number of unbranched alkanes of at least 4 members (excludes halogenated alkanes) is 2. The summed E-state index contributed by atoms with van der Waals surface area (Å²) >= 11 is 0. The van der Waals surface area contributed by atoms with Crippen molar-refractivity contribution >= 4 is 10.9 Å². The first-order valence-corrected chi connectivity index (χ1v) is 8.36. The quantitative estimate of drug-likeness (QED) is 0.761. The molecule has 120 valence electrons. The second-order valence-electron chi connectivity index (χ2n) is 5.82. The van der Waals surface area contributed by atoms with Crippen molar-refractivity contribution in [2.45, 2.75) is 46.5 Å². The molecule has 1 heterocycles. The number of nitrogens with zero attached hydrogens (tertiary/aromatic N) is 2.